The summed E-state index contributed by atoms with van der Waals surface area (Å²) in [5.74, 6) is 0.674. The molecule has 0 amide bonds. The lowest BCUT2D eigenvalue weighted by molar-refractivity contribution is 0.634. The molecule has 0 radical (unpaired) electrons. The van der Waals surface area contributed by atoms with Crippen LogP contribution in [0.4, 0.5) is 5.69 Å². The Bertz CT molecular complexity index is 2520. The van der Waals surface area contributed by atoms with Crippen molar-refractivity contribution in [2.24, 2.45) is 5.92 Å². The Labute approximate surface area is 299 Å². The molecule has 1 N–H and O–H groups in total. The molecule has 0 saturated carbocycles. The predicted molar refractivity (Wildman–Crippen MR) is 212 cm³/mol. The maximum atomic E-state index is 4.83. The number of fused-ring (bicyclic) bond motifs is 11. The summed E-state index contributed by atoms with van der Waals surface area (Å²) in [6.07, 6.45) is 7.04. The molecular weight excluding hydrogens is 623 g/mol. The van der Waals surface area contributed by atoms with Gasteiger partial charge in [0.15, 0.2) is 0 Å². The van der Waals surface area contributed by atoms with Crippen LogP contribution in [0.3, 0.4) is 0 Å². The number of anilines is 1. The summed E-state index contributed by atoms with van der Waals surface area (Å²) < 4.78 is 0. The van der Waals surface area contributed by atoms with Gasteiger partial charge in [-0.15, -0.1) is 12.6 Å². The van der Waals surface area contributed by atoms with E-state index >= 15 is 0 Å². The summed E-state index contributed by atoms with van der Waals surface area (Å²) in [5.41, 5.74) is 16.1. The molecule has 3 aliphatic rings. The molecule has 2 heteroatoms. The molecule has 1 nitrogen and oxygen atoms in total. The summed E-state index contributed by atoms with van der Waals surface area (Å²) in [6, 6.07) is 55.8. The second-order valence-electron chi connectivity index (χ2n) is 13.9. The zero-order chi connectivity index (χ0) is 33.4. The van der Waals surface area contributed by atoms with Crippen molar-refractivity contribution in [1.82, 2.24) is 0 Å². The highest BCUT2D eigenvalue weighted by atomic mass is 32.1. The molecule has 7 aromatic carbocycles. The first-order valence-corrected chi connectivity index (χ1v) is 18.0. The SMILES string of the molecule is CC1C=C(Nc2ccc3c(c2)C2(c4ccccc4-c4ccccc42)c2ccc(-c4ccccc4S)cc2-3)C=CC1c1cccc2ccccc12. The zero-order valence-electron chi connectivity index (χ0n) is 27.8. The highest BCUT2D eigenvalue weighted by Crippen LogP contribution is 2.63. The Morgan fingerprint density at radius 2 is 1.22 bits per heavy atom. The number of benzene rings is 7. The minimum Gasteiger partial charge on any atom is -0.356 e. The van der Waals surface area contributed by atoms with Crippen LogP contribution >= 0.6 is 12.6 Å². The van der Waals surface area contributed by atoms with Crippen molar-refractivity contribution in [1.29, 1.82) is 0 Å². The molecule has 0 fully saturated rings. The Morgan fingerprint density at radius 1 is 0.560 bits per heavy atom. The van der Waals surface area contributed by atoms with E-state index in [4.69, 9.17) is 12.6 Å². The lowest BCUT2D eigenvalue weighted by Gasteiger charge is -2.31. The van der Waals surface area contributed by atoms with Gasteiger partial charge in [-0.3, -0.25) is 0 Å². The van der Waals surface area contributed by atoms with Gasteiger partial charge in [-0.25, -0.2) is 0 Å². The van der Waals surface area contributed by atoms with Gasteiger partial charge in [-0.1, -0.05) is 146 Å². The summed E-state index contributed by atoms with van der Waals surface area (Å²) in [5, 5.41) is 6.47. The van der Waals surface area contributed by atoms with Crippen LogP contribution in [-0.2, 0) is 5.41 Å². The van der Waals surface area contributed by atoms with E-state index in [1.807, 2.05) is 6.07 Å². The standard InChI is InChI=1S/C48H35NS/c1-30-27-33(22-24-35(30)38-17-10-12-31-11-2-3-13-36(31)38)49-34-23-25-41-42-28-32(37-14-6-9-20-47(37)50)21-26-45(42)48(46(41)29-34)43-18-7-4-15-39(43)40-16-5-8-19-44(40)48/h2-30,35,49-50H,1H3. The van der Waals surface area contributed by atoms with E-state index in [1.54, 1.807) is 0 Å². The molecule has 50 heavy (non-hydrogen) atoms. The Balaban J connectivity index is 1.10. The fraction of sp³-hybridized carbons (Fsp3) is 0.0833. The van der Waals surface area contributed by atoms with Crippen LogP contribution in [0, 0.1) is 5.92 Å². The lowest BCUT2D eigenvalue weighted by Crippen LogP contribution is -2.26. The maximum Gasteiger partial charge on any atom is 0.0726 e. The number of rotatable bonds is 4. The zero-order valence-corrected chi connectivity index (χ0v) is 28.7. The normalized spacial score (nSPS) is 17.6. The van der Waals surface area contributed by atoms with Crippen LogP contribution in [-0.4, -0.2) is 0 Å². The monoisotopic (exact) mass is 657 g/mol. The number of thiol groups is 1. The van der Waals surface area contributed by atoms with Crippen molar-refractivity contribution in [2.45, 2.75) is 23.2 Å². The Kier molecular flexibility index (Phi) is 6.59. The number of hydrogen-bond donors (Lipinski definition) is 2. The maximum absolute atomic E-state index is 4.83. The Morgan fingerprint density at radius 3 is 2.00 bits per heavy atom. The third-order valence-electron chi connectivity index (χ3n) is 11.3. The molecule has 2 atom stereocenters. The molecule has 0 saturated heterocycles. The van der Waals surface area contributed by atoms with E-state index in [1.165, 1.54) is 66.4 Å². The average molecular weight is 658 g/mol. The summed E-state index contributed by atoms with van der Waals surface area (Å²) >= 11 is 4.83. The topological polar surface area (TPSA) is 12.0 Å². The van der Waals surface area contributed by atoms with Gasteiger partial charge >= 0.3 is 0 Å². The van der Waals surface area contributed by atoms with Crippen molar-refractivity contribution in [3.8, 4) is 33.4 Å². The molecule has 2 unspecified atom stereocenters. The average Bonchev–Trinajstić information content (AvgIpc) is 3.61. The smallest absolute Gasteiger partial charge is 0.0726 e. The fourth-order valence-electron chi connectivity index (χ4n) is 9.11. The minimum absolute atomic E-state index is 0.326. The Hall–Kier alpha value is -5.57. The van der Waals surface area contributed by atoms with E-state index in [0.29, 0.717) is 11.8 Å². The van der Waals surface area contributed by atoms with Crippen LogP contribution in [0.25, 0.3) is 44.2 Å². The van der Waals surface area contributed by atoms with E-state index < -0.39 is 5.41 Å². The third kappa shape index (κ3) is 4.22. The van der Waals surface area contributed by atoms with Gasteiger partial charge in [0.1, 0.15) is 0 Å². The fourth-order valence-corrected chi connectivity index (χ4v) is 9.40. The first-order valence-electron chi connectivity index (χ1n) is 17.5. The second-order valence-corrected chi connectivity index (χ2v) is 14.4. The molecule has 10 rings (SSSR count). The molecule has 0 heterocycles. The van der Waals surface area contributed by atoms with Gasteiger partial charge in [-0.2, -0.15) is 0 Å². The van der Waals surface area contributed by atoms with Gasteiger partial charge in [-0.05, 0) is 108 Å². The van der Waals surface area contributed by atoms with Crippen LogP contribution < -0.4 is 5.32 Å². The van der Waals surface area contributed by atoms with Crippen LogP contribution in [0.15, 0.2) is 180 Å². The second kappa shape index (κ2) is 11.2. The van der Waals surface area contributed by atoms with Crippen LogP contribution in [0.2, 0.25) is 0 Å². The van der Waals surface area contributed by atoms with Gasteiger partial charge in [0.05, 0.1) is 5.41 Å². The number of allylic oxidation sites excluding steroid dienone is 3. The number of nitrogens with one attached hydrogen (secondary N) is 1. The number of hydrogen-bond acceptors (Lipinski definition) is 2. The molecular formula is C48H35NS. The molecule has 238 valence electrons. The molecule has 1 spiro atoms. The first-order chi connectivity index (χ1) is 24.6. The van der Waals surface area contributed by atoms with E-state index in [0.717, 1.165) is 21.8 Å². The molecule has 3 aliphatic carbocycles. The highest BCUT2D eigenvalue weighted by molar-refractivity contribution is 7.80. The van der Waals surface area contributed by atoms with E-state index in [2.05, 4.69) is 176 Å². The van der Waals surface area contributed by atoms with Gasteiger partial charge in [0.2, 0.25) is 0 Å². The molecule has 0 aromatic heterocycles. The summed E-state index contributed by atoms with van der Waals surface area (Å²) in [6.45, 7) is 2.33. The summed E-state index contributed by atoms with van der Waals surface area (Å²) in [4.78, 5) is 0.988. The van der Waals surface area contributed by atoms with Crippen LogP contribution in [0.5, 0.6) is 0 Å². The van der Waals surface area contributed by atoms with E-state index in [9.17, 15) is 0 Å². The molecule has 7 aromatic rings. The largest absolute Gasteiger partial charge is 0.356 e. The lowest BCUT2D eigenvalue weighted by atomic mass is 9.70. The van der Waals surface area contributed by atoms with Crippen molar-refractivity contribution < 1.29 is 0 Å². The van der Waals surface area contributed by atoms with Crippen molar-refractivity contribution in [3.63, 3.8) is 0 Å². The third-order valence-corrected chi connectivity index (χ3v) is 11.7. The van der Waals surface area contributed by atoms with E-state index in [-0.39, 0.29) is 0 Å². The summed E-state index contributed by atoms with van der Waals surface area (Å²) in [7, 11) is 0. The van der Waals surface area contributed by atoms with Gasteiger partial charge in [0.25, 0.3) is 0 Å². The van der Waals surface area contributed by atoms with Crippen LogP contribution in [0.1, 0.15) is 40.7 Å². The highest BCUT2D eigenvalue weighted by Gasteiger charge is 2.51. The minimum atomic E-state index is -0.405. The van der Waals surface area contributed by atoms with Crippen molar-refractivity contribution in [2.75, 3.05) is 5.32 Å². The molecule has 0 aliphatic heterocycles. The van der Waals surface area contributed by atoms with Crippen molar-refractivity contribution >= 4 is 29.1 Å². The van der Waals surface area contributed by atoms with Gasteiger partial charge < -0.3 is 5.32 Å². The first kappa shape index (κ1) is 29.4. The predicted octanol–water partition coefficient (Wildman–Crippen LogP) is 12.4. The quantitative estimate of drug-likeness (QED) is 0.180. The molecule has 0 bridgehead atoms. The van der Waals surface area contributed by atoms with Gasteiger partial charge in [0, 0.05) is 22.2 Å². The van der Waals surface area contributed by atoms with Crippen molar-refractivity contribution in [3.05, 3.63) is 203 Å².